The Morgan fingerprint density at radius 3 is 2.72 bits per heavy atom. The average molecular weight is 391 g/mol. The van der Waals surface area contributed by atoms with E-state index < -0.39 is 0 Å². The molecule has 9 heteroatoms. The van der Waals surface area contributed by atoms with E-state index in [1.54, 1.807) is 23.3 Å². The number of anilines is 1. The first-order chi connectivity index (χ1) is 14.2. The second kappa shape index (κ2) is 7.17. The van der Waals surface area contributed by atoms with Crippen molar-refractivity contribution in [3.8, 4) is 34.3 Å². The van der Waals surface area contributed by atoms with Crippen molar-refractivity contribution >= 4 is 5.69 Å². The Morgan fingerprint density at radius 1 is 1.07 bits per heavy atom. The summed E-state index contributed by atoms with van der Waals surface area (Å²) in [7, 11) is 4.01. The van der Waals surface area contributed by atoms with Crippen molar-refractivity contribution in [1.29, 1.82) is 0 Å². The summed E-state index contributed by atoms with van der Waals surface area (Å²) in [6.45, 7) is 4.05. The molecular weight excluding hydrogens is 370 g/mol. The molecule has 0 atom stereocenters. The first-order valence-electron chi connectivity index (χ1n) is 9.48. The molecule has 4 aromatic rings. The van der Waals surface area contributed by atoms with E-state index in [0.717, 1.165) is 43.0 Å². The first kappa shape index (κ1) is 17.6. The summed E-state index contributed by atoms with van der Waals surface area (Å²) in [5.41, 5.74) is 3.56. The minimum atomic E-state index is 0.315. The number of hydrogen-bond donors (Lipinski definition) is 0. The van der Waals surface area contributed by atoms with Gasteiger partial charge in [0.2, 0.25) is 5.82 Å². The summed E-state index contributed by atoms with van der Waals surface area (Å²) >= 11 is 0. The van der Waals surface area contributed by atoms with Crippen molar-refractivity contribution in [1.82, 2.24) is 29.8 Å². The van der Waals surface area contributed by atoms with E-state index in [2.05, 4.69) is 37.1 Å². The summed E-state index contributed by atoms with van der Waals surface area (Å²) in [6, 6.07) is 5.88. The van der Waals surface area contributed by atoms with Crippen LogP contribution in [0.3, 0.4) is 0 Å². The molecule has 0 radical (unpaired) electrons. The van der Waals surface area contributed by atoms with Crippen LogP contribution < -0.4 is 4.90 Å². The third-order valence-corrected chi connectivity index (χ3v) is 5.14. The van der Waals surface area contributed by atoms with Gasteiger partial charge in [-0.1, -0.05) is 5.16 Å². The topological polar surface area (TPSA) is 89.3 Å². The monoisotopic (exact) mass is 391 g/mol. The molecule has 5 rings (SSSR count). The minimum absolute atomic E-state index is 0.315. The van der Waals surface area contributed by atoms with Gasteiger partial charge in [0.05, 0.1) is 12.5 Å². The summed E-state index contributed by atoms with van der Waals surface area (Å²) < 4.78 is 12.9. The van der Waals surface area contributed by atoms with Crippen LogP contribution in [0.1, 0.15) is 0 Å². The Balaban J connectivity index is 1.43. The van der Waals surface area contributed by atoms with Gasteiger partial charge in [-0.3, -0.25) is 9.67 Å². The first-order valence-corrected chi connectivity index (χ1v) is 9.48. The number of likely N-dealkylation sites (N-methyl/N-ethyl adjacent to an activating group) is 1. The number of rotatable bonds is 4. The second-order valence-electron chi connectivity index (χ2n) is 7.18. The van der Waals surface area contributed by atoms with Crippen LogP contribution in [0.2, 0.25) is 0 Å². The van der Waals surface area contributed by atoms with E-state index in [1.165, 1.54) is 0 Å². The van der Waals surface area contributed by atoms with E-state index in [4.69, 9.17) is 8.94 Å². The lowest BCUT2D eigenvalue weighted by Crippen LogP contribution is -2.44. The van der Waals surface area contributed by atoms with Crippen LogP contribution in [0.5, 0.6) is 0 Å². The molecule has 1 fully saturated rings. The Kier molecular flexibility index (Phi) is 4.36. The zero-order chi connectivity index (χ0) is 19.8. The fraction of sp³-hybridized carbons (Fsp3) is 0.300. The fourth-order valence-electron chi connectivity index (χ4n) is 3.49. The van der Waals surface area contributed by atoms with E-state index in [9.17, 15) is 0 Å². The van der Waals surface area contributed by atoms with Crippen molar-refractivity contribution in [2.75, 3.05) is 38.1 Å². The highest BCUT2D eigenvalue weighted by Crippen LogP contribution is 2.33. The number of pyridine rings is 1. The van der Waals surface area contributed by atoms with Crippen molar-refractivity contribution in [2.24, 2.45) is 7.05 Å². The highest BCUT2D eigenvalue weighted by atomic mass is 16.5. The SMILES string of the molecule is CN1CCN(c2ccnc(-c3noc(-c4occc4-c4cnn(C)c4)n3)c2)CC1. The van der Waals surface area contributed by atoms with E-state index in [0.29, 0.717) is 23.2 Å². The number of piperazine rings is 1. The van der Waals surface area contributed by atoms with Gasteiger partial charge in [-0.05, 0) is 25.2 Å². The molecule has 1 saturated heterocycles. The van der Waals surface area contributed by atoms with E-state index in [1.807, 2.05) is 31.4 Å². The Hall–Kier alpha value is -3.46. The molecule has 0 unspecified atom stereocenters. The summed E-state index contributed by atoms with van der Waals surface area (Å²) in [4.78, 5) is 13.6. The molecule has 0 saturated carbocycles. The lowest BCUT2D eigenvalue weighted by atomic mass is 10.1. The number of aryl methyl sites for hydroxylation is 1. The number of hydrogen-bond acceptors (Lipinski definition) is 8. The van der Waals surface area contributed by atoms with Gasteiger partial charge in [-0.15, -0.1) is 0 Å². The smallest absolute Gasteiger partial charge is 0.294 e. The third kappa shape index (κ3) is 3.40. The predicted molar refractivity (Wildman–Crippen MR) is 107 cm³/mol. The van der Waals surface area contributed by atoms with Crippen LogP contribution in [0, 0.1) is 0 Å². The molecular formula is C20H21N7O2. The molecule has 148 valence electrons. The van der Waals surface area contributed by atoms with Crippen LogP contribution >= 0.6 is 0 Å². The average Bonchev–Trinajstić information content (AvgIpc) is 3.48. The zero-order valence-electron chi connectivity index (χ0n) is 16.3. The van der Waals surface area contributed by atoms with E-state index >= 15 is 0 Å². The maximum atomic E-state index is 5.63. The third-order valence-electron chi connectivity index (χ3n) is 5.14. The Morgan fingerprint density at radius 2 is 1.93 bits per heavy atom. The lowest BCUT2D eigenvalue weighted by molar-refractivity contribution is 0.313. The van der Waals surface area contributed by atoms with Gasteiger partial charge in [-0.2, -0.15) is 10.1 Å². The lowest BCUT2D eigenvalue weighted by Gasteiger charge is -2.34. The molecule has 0 amide bonds. The molecule has 1 aliphatic rings. The number of furan rings is 1. The van der Waals surface area contributed by atoms with Gasteiger partial charge in [0.15, 0.2) is 5.76 Å². The molecule has 4 aromatic heterocycles. The van der Waals surface area contributed by atoms with Gasteiger partial charge in [-0.25, -0.2) is 0 Å². The number of nitrogens with zero attached hydrogens (tertiary/aromatic N) is 7. The fourth-order valence-corrected chi connectivity index (χ4v) is 3.49. The maximum absolute atomic E-state index is 5.63. The quantitative estimate of drug-likeness (QED) is 0.524. The van der Waals surface area contributed by atoms with Crippen molar-refractivity contribution < 1.29 is 8.94 Å². The second-order valence-corrected chi connectivity index (χ2v) is 7.18. The molecule has 9 nitrogen and oxygen atoms in total. The predicted octanol–water partition coefficient (Wildman–Crippen LogP) is 2.54. The van der Waals surface area contributed by atoms with E-state index in [-0.39, 0.29) is 0 Å². The minimum Gasteiger partial charge on any atom is -0.458 e. The summed E-state index contributed by atoms with van der Waals surface area (Å²) in [5.74, 6) is 1.27. The van der Waals surface area contributed by atoms with Crippen LogP contribution in [-0.4, -0.2) is 63.0 Å². The normalized spacial score (nSPS) is 15.2. The van der Waals surface area contributed by atoms with Crippen LogP contribution in [0.25, 0.3) is 34.3 Å². The standard InChI is InChI=1S/C20H21N7O2/c1-25-6-8-27(9-7-25)15-3-5-21-17(11-15)19-23-20(29-24-19)18-16(4-10-28-18)14-12-22-26(2)13-14/h3-5,10-13H,6-9H2,1-2H3. The van der Waals surface area contributed by atoms with Crippen LogP contribution in [-0.2, 0) is 7.05 Å². The van der Waals surface area contributed by atoms with Crippen molar-refractivity contribution in [2.45, 2.75) is 0 Å². The maximum Gasteiger partial charge on any atom is 0.294 e. The van der Waals surface area contributed by atoms with Gasteiger partial charge < -0.3 is 18.7 Å². The van der Waals surface area contributed by atoms with Gasteiger partial charge in [0.1, 0.15) is 5.69 Å². The van der Waals surface area contributed by atoms with Crippen LogP contribution in [0.15, 0.2) is 52.0 Å². The highest BCUT2D eigenvalue weighted by molar-refractivity contribution is 5.76. The molecule has 0 aliphatic carbocycles. The molecule has 0 aromatic carbocycles. The summed E-state index contributed by atoms with van der Waals surface area (Å²) in [5, 5.41) is 8.33. The van der Waals surface area contributed by atoms with Crippen LogP contribution in [0.4, 0.5) is 5.69 Å². The molecule has 1 aliphatic heterocycles. The van der Waals surface area contributed by atoms with Gasteiger partial charge >= 0.3 is 0 Å². The zero-order valence-corrected chi connectivity index (χ0v) is 16.3. The molecule has 5 heterocycles. The summed E-state index contributed by atoms with van der Waals surface area (Å²) in [6.07, 6.45) is 7.07. The molecule has 0 spiro atoms. The molecule has 29 heavy (non-hydrogen) atoms. The molecule has 0 N–H and O–H groups in total. The number of aromatic nitrogens is 5. The Labute approximate surface area is 167 Å². The molecule has 0 bridgehead atoms. The van der Waals surface area contributed by atoms with Gasteiger partial charge in [0, 0.05) is 62.4 Å². The largest absolute Gasteiger partial charge is 0.458 e. The highest BCUT2D eigenvalue weighted by Gasteiger charge is 2.21. The van der Waals surface area contributed by atoms with Crippen molar-refractivity contribution in [3.05, 3.63) is 43.1 Å². The Bertz CT molecular complexity index is 1120. The van der Waals surface area contributed by atoms with Gasteiger partial charge in [0.25, 0.3) is 5.89 Å². The van der Waals surface area contributed by atoms with Crippen molar-refractivity contribution in [3.63, 3.8) is 0 Å².